The highest BCUT2D eigenvalue weighted by atomic mass is 32.2. The molecule has 1 aromatic carbocycles. The molecule has 2 unspecified atom stereocenters. The number of guanidine groups is 1. The molecule has 2 saturated heterocycles. The zero-order valence-electron chi connectivity index (χ0n) is 15.3. The van der Waals surface area contributed by atoms with E-state index < -0.39 is 0 Å². The minimum atomic E-state index is 0.224. The van der Waals surface area contributed by atoms with Crippen molar-refractivity contribution in [3.63, 3.8) is 0 Å². The Kier molecular flexibility index (Phi) is 6.62. The smallest absolute Gasteiger partial charge is 0.191 e. The fourth-order valence-electron chi connectivity index (χ4n) is 3.61. The van der Waals surface area contributed by atoms with Crippen molar-refractivity contribution in [3.05, 3.63) is 35.9 Å². The maximum Gasteiger partial charge on any atom is 0.191 e. The van der Waals surface area contributed by atoms with Crippen molar-refractivity contribution in [1.82, 2.24) is 15.5 Å². The highest BCUT2D eigenvalue weighted by molar-refractivity contribution is 7.99. The average molecular weight is 363 g/mol. The van der Waals surface area contributed by atoms with Crippen LogP contribution in [0.3, 0.4) is 0 Å². The molecular weight excluding hydrogens is 332 g/mol. The van der Waals surface area contributed by atoms with Crippen LogP contribution in [0.2, 0.25) is 0 Å². The molecule has 2 fully saturated rings. The Balaban J connectivity index is 1.59. The number of nitrogens with zero attached hydrogens (tertiary/aromatic N) is 2. The van der Waals surface area contributed by atoms with Crippen molar-refractivity contribution in [2.75, 3.05) is 51.4 Å². The van der Waals surface area contributed by atoms with E-state index in [0.29, 0.717) is 0 Å². The van der Waals surface area contributed by atoms with Gasteiger partial charge in [-0.3, -0.25) is 9.89 Å². The second-order valence-electron chi connectivity index (χ2n) is 6.83. The Hall–Kier alpha value is -1.24. The molecule has 2 atom stereocenters. The molecule has 2 N–H and O–H groups in total. The van der Waals surface area contributed by atoms with Gasteiger partial charge in [-0.05, 0) is 24.7 Å². The maximum atomic E-state index is 5.55. The van der Waals surface area contributed by atoms with Crippen LogP contribution < -0.4 is 10.6 Å². The molecule has 0 amide bonds. The number of benzene rings is 1. The minimum absolute atomic E-state index is 0.224. The monoisotopic (exact) mass is 362 g/mol. The molecule has 0 aliphatic carbocycles. The van der Waals surface area contributed by atoms with E-state index in [-0.39, 0.29) is 11.6 Å². The third-order valence-corrected chi connectivity index (χ3v) is 6.46. The lowest BCUT2D eigenvalue weighted by Gasteiger charge is -2.43. The number of thioether (sulfide) groups is 1. The molecule has 0 saturated carbocycles. The van der Waals surface area contributed by atoms with Gasteiger partial charge in [-0.2, -0.15) is 11.8 Å². The van der Waals surface area contributed by atoms with Gasteiger partial charge < -0.3 is 15.4 Å². The van der Waals surface area contributed by atoms with Crippen LogP contribution in [0, 0.1) is 0 Å². The summed E-state index contributed by atoms with van der Waals surface area (Å²) in [5, 5.41) is 7.11. The molecule has 2 aliphatic rings. The molecule has 0 radical (unpaired) electrons. The number of morpholine rings is 1. The van der Waals surface area contributed by atoms with Crippen molar-refractivity contribution in [2.24, 2.45) is 4.99 Å². The number of hydrogen-bond acceptors (Lipinski definition) is 4. The second kappa shape index (κ2) is 8.92. The van der Waals surface area contributed by atoms with Gasteiger partial charge in [-0.1, -0.05) is 30.3 Å². The molecular formula is C19H30N4OS. The van der Waals surface area contributed by atoms with Gasteiger partial charge in [0, 0.05) is 38.0 Å². The lowest BCUT2D eigenvalue weighted by Crippen LogP contribution is -2.60. The highest BCUT2D eigenvalue weighted by Crippen LogP contribution is 2.33. The van der Waals surface area contributed by atoms with Gasteiger partial charge in [0.15, 0.2) is 5.96 Å². The van der Waals surface area contributed by atoms with Gasteiger partial charge in [0.1, 0.15) is 0 Å². The molecule has 138 valence electrons. The number of rotatable bonds is 5. The molecule has 1 aromatic rings. The molecule has 0 bridgehead atoms. The number of hydrogen-bond donors (Lipinski definition) is 2. The van der Waals surface area contributed by atoms with Gasteiger partial charge in [0.25, 0.3) is 0 Å². The van der Waals surface area contributed by atoms with Crippen LogP contribution in [-0.4, -0.2) is 67.8 Å². The molecule has 0 spiro atoms. The lowest BCUT2D eigenvalue weighted by atomic mass is 9.95. The fourth-order valence-corrected chi connectivity index (χ4v) is 5.09. The molecule has 25 heavy (non-hydrogen) atoms. The average Bonchev–Trinajstić information content (AvgIpc) is 3.16. The van der Waals surface area contributed by atoms with Crippen LogP contribution in [0.5, 0.6) is 0 Å². The second-order valence-corrected chi connectivity index (χ2v) is 7.93. The summed E-state index contributed by atoms with van der Waals surface area (Å²) in [6, 6.07) is 10.7. The van der Waals surface area contributed by atoms with Crippen molar-refractivity contribution in [2.45, 2.75) is 24.9 Å². The van der Waals surface area contributed by atoms with Gasteiger partial charge in [0.05, 0.1) is 19.3 Å². The summed E-state index contributed by atoms with van der Waals surface area (Å²) in [4.78, 5) is 7.06. The predicted molar refractivity (Wildman–Crippen MR) is 106 cm³/mol. The summed E-state index contributed by atoms with van der Waals surface area (Å²) < 4.78 is 5.55. The Bertz CT molecular complexity index is 554. The maximum absolute atomic E-state index is 5.55. The zero-order valence-corrected chi connectivity index (χ0v) is 16.1. The van der Waals surface area contributed by atoms with Crippen LogP contribution in [0.25, 0.3) is 0 Å². The van der Waals surface area contributed by atoms with Gasteiger partial charge >= 0.3 is 0 Å². The van der Waals surface area contributed by atoms with Gasteiger partial charge in [-0.25, -0.2) is 0 Å². The number of aliphatic imine (C=N–C) groups is 1. The predicted octanol–water partition coefficient (Wildman–Crippen LogP) is 2.12. The van der Waals surface area contributed by atoms with Crippen molar-refractivity contribution in [3.8, 4) is 0 Å². The first-order valence-corrected chi connectivity index (χ1v) is 10.3. The lowest BCUT2D eigenvalue weighted by molar-refractivity contribution is -0.0120. The van der Waals surface area contributed by atoms with Crippen LogP contribution >= 0.6 is 11.8 Å². The summed E-state index contributed by atoms with van der Waals surface area (Å²) in [5.74, 6) is 3.30. The van der Waals surface area contributed by atoms with Crippen molar-refractivity contribution < 1.29 is 4.74 Å². The summed E-state index contributed by atoms with van der Waals surface area (Å²) in [6.07, 6.45) is 1.23. The standard InChI is InChI=1S/C19H30N4OS/c1-16(17-6-4-3-5-7-17)22-18(20-2)21-14-19(8-13-25-15-19)23-9-11-24-12-10-23/h3-7,16H,8-15H2,1-2H3,(H2,20,21,22). The van der Waals surface area contributed by atoms with Crippen molar-refractivity contribution in [1.29, 1.82) is 0 Å². The number of nitrogens with one attached hydrogen (secondary N) is 2. The van der Waals surface area contributed by atoms with E-state index in [2.05, 4.69) is 63.5 Å². The van der Waals surface area contributed by atoms with E-state index in [1.54, 1.807) is 0 Å². The normalized spacial score (nSPS) is 26.4. The Morgan fingerprint density at radius 2 is 2.08 bits per heavy atom. The summed E-state index contributed by atoms with van der Waals surface area (Å²) in [7, 11) is 1.85. The molecule has 0 aromatic heterocycles. The van der Waals surface area contributed by atoms with E-state index in [1.165, 1.54) is 23.5 Å². The first-order valence-electron chi connectivity index (χ1n) is 9.16. The van der Waals surface area contributed by atoms with Crippen LogP contribution in [0.4, 0.5) is 0 Å². The third kappa shape index (κ3) is 4.68. The largest absolute Gasteiger partial charge is 0.379 e. The van der Waals surface area contributed by atoms with Gasteiger partial charge in [-0.15, -0.1) is 0 Å². The van der Waals surface area contributed by atoms with E-state index in [0.717, 1.165) is 38.8 Å². The minimum Gasteiger partial charge on any atom is -0.379 e. The van der Waals surface area contributed by atoms with E-state index in [4.69, 9.17) is 4.74 Å². The summed E-state index contributed by atoms with van der Waals surface area (Å²) in [6.45, 7) is 6.88. The zero-order chi connectivity index (χ0) is 17.5. The van der Waals surface area contributed by atoms with Crippen LogP contribution in [0.15, 0.2) is 35.3 Å². The molecule has 2 aliphatic heterocycles. The van der Waals surface area contributed by atoms with E-state index in [1.807, 2.05) is 13.1 Å². The number of ether oxygens (including phenoxy) is 1. The fraction of sp³-hybridized carbons (Fsp3) is 0.632. The Labute approximate surface area is 155 Å². The SMILES string of the molecule is CN=C(NCC1(N2CCOCC2)CCSC1)NC(C)c1ccccc1. The van der Waals surface area contributed by atoms with Crippen molar-refractivity contribution >= 4 is 17.7 Å². The molecule has 5 nitrogen and oxygen atoms in total. The topological polar surface area (TPSA) is 48.9 Å². The van der Waals surface area contributed by atoms with Gasteiger partial charge in [0.2, 0.25) is 0 Å². The first-order chi connectivity index (χ1) is 12.2. The first kappa shape index (κ1) is 18.5. The third-order valence-electron chi connectivity index (χ3n) is 5.23. The highest BCUT2D eigenvalue weighted by Gasteiger charge is 2.40. The summed E-state index contributed by atoms with van der Waals surface area (Å²) in [5.41, 5.74) is 1.49. The molecule has 6 heteroatoms. The Morgan fingerprint density at radius 3 is 2.72 bits per heavy atom. The van der Waals surface area contributed by atoms with Crippen LogP contribution in [-0.2, 0) is 4.74 Å². The Morgan fingerprint density at radius 1 is 1.32 bits per heavy atom. The molecule has 2 heterocycles. The van der Waals surface area contributed by atoms with E-state index in [9.17, 15) is 0 Å². The van der Waals surface area contributed by atoms with Crippen LogP contribution in [0.1, 0.15) is 24.9 Å². The van der Waals surface area contributed by atoms with E-state index >= 15 is 0 Å². The summed E-state index contributed by atoms with van der Waals surface area (Å²) >= 11 is 2.06. The molecule has 3 rings (SSSR count). The quantitative estimate of drug-likeness (QED) is 0.621.